The molecule has 4 heteroatoms. The van der Waals surface area contributed by atoms with Crippen LogP contribution in [-0.2, 0) is 7.05 Å². The highest BCUT2D eigenvalue weighted by Gasteiger charge is 2.26. The number of aryl methyl sites for hydroxylation is 2. The Balaban J connectivity index is 1.51. The van der Waals surface area contributed by atoms with Crippen LogP contribution < -0.4 is 4.57 Å². The van der Waals surface area contributed by atoms with Gasteiger partial charge in [0.2, 0.25) is 0 Å². The lowest BCUT2D eigenvalue weighted by Gasteiger charge is -2.10. The zero-order valence-electron chi connectivity index (χ0n) is 22.1. The van der Waals surface area contributed by atoms with Gasteiger partial charge in [-0.2, -0.15) is 4.57 Å². The van der Waals surface area contributed by atoms with Crippen LogP contribution >= 0.6 is 0 Å². The summed E-state index contributed by atoms with van der Waals surface area (Å²) in [5.41, 5.74) is 8.90. The summed E-state index contributed by atoms with van der Waals surface area (Å²) in [6.07, 6.45) is 0. The molecule has 0 aliphatic carbocycles. The third-order valence-electron chi connectivity index (χ3n) is 8.20. The number of hydrogen-bond donors (Lipinski definition) is 0. The standard InChI is InChI=1S/C36H24N3O/c1-22-17-18-28-34-26-15-8-7-13-24(26)29(37-2)21-32(34)40-35(28)33(22)31-20-19-27-25-14-9-10-16-30(25)39(36(27)38(31)3)23-11-5-4-6-12-23/h4-21H,1,3H3/q+1. The van der Waals surface area contributed by atoms with Crippen molar-refractivity contribution in [2.75, 3.05) is 0 Å². The van der Waals surface area contributed by atoms with Gasteiger partial charge < -0.3 is 4.42 Å². The number of pyridine rings is 1. The quantitative estimate of drug-likeness (QED) is 0.167. The molecule has 0 amide bonds. The van der Waals surface area contributed by atoms with Gasteiger partial charge in [-0.15, -0.1) is 0 Å². The lowest BCUT2D eigenvalue weighted by atomic mass is 9.98. The van der Waals surface area contributed by atoms with Gasteiger partial charge in [-0.3, -0.25) is 0 Å². The smallest absolute Gasteiger partial charge is 0.295 e. The van der Waals surface area contributed by atoms with Crippen molar-refractivity contribution in [1.29, 1.82) is 0 Å². The molecule has 0 N–H and O–H groups in total. The fourth-order valence-electron chi connectivity index (χ4n) is 6.42. The maximum Gasteiger partial charge on any atom is 0.295 e. The molecule has 0 aliphatic heterocycles. The molecular weight excluding hydrogens is 490 g/mol. The largest absolute Gasteiger partial charge is 0.457 e. The van der Waals surface area contributed by atoms with Crippen LogP contribution in [-0.4, -0.2) is 4.57 Å². The Kier molecular flexibility index (Phi) is 4.68. The molecule has 0 bridgehead atoms. The highest BCUT2D eigenvalue weighted by molar-refractivity contribution is 6.23. The fraction of sp³-hybridized carbons (Fsp3) is 0.0556. The van der Waals surface area contributed by atoms with Gasteiger partial charge in [-0.25, -0.2) is 9.41 Å². The van der Waals surface area contributed by atoms with Crippen molar-refractivity contribution in [2.45, 2.75) is 6.92 Å². The SMILES string of the molecule is [C-]#[N+]c1cc2oc3c(-c4ccc5c6ccccc6n(-c6ccccc6)c5[n+]4C)c(C)ccc3c2c2ccccc12. The van der Waals surface area contributed by atoms with Crippen LogP contribution in [0, 0.1) is 13.5 Å². The van der Waals surface area contributed by atoms with Crippen LogP contribution in [0.5, 0.6) is 0 Å². The third kappa shape index (κ3) is 2.98. The molecule has 0 unspecified atom stereocenters. The Labute approximate surface area is 230 Å². The summed E-state index contributed by atoms with van der Waals surface area (Å²) in [5.74, 6) is 0. The van der Waals surface area contributed by atoms with Crippen molar-refractivity contribution < 1.29 is 8.98 Å². The van der Waals surface area contributed by atoms with Crippen LogP contribution in [0.2, 0.25) is 0 Å². The Morgan fingerprint density at radius 1 is 0.725 bits per heavy atom. The Morgan fingerprint density at radius 3 is 2.23 bits per heavy atom. The molecule has 4 nitrogen and oxygen atoms in total. The maximum atomic E-state index is 7.77. The molecule has 40 heavy (non-hydrogen) atoms. The van der Waals surface area contributed by atoms with E-state index in [2.05, 4.69) is 113 Å². The van der Waals surface area contributed by atoms with Gasteiger partial charge in [0.1, 0.15) is 28.1 Å². The number of aromatic nitrogens is 2. The highest BCUT2D eigenvalue weighted by atomic mass is 16.3. The van der Waals surface area contributed by atoms with Crippen LogP contribution in [0.3, 0.4) is 0 Å². The number of nitrogens with zero attached hydrogens (tertiary/aromatic N) is 3. The van der Waals surface area contributed by atoms with Crippen LogP contribution in [0.4, 0.5) is 5.69 Å². The van der Waals surface area contributed by atoms with E-state index in [1.54, 1.807) is 0 Å². The van der Waals surface area contributed by atoms with Gasteiger partial charge in [0.15, 0.2) is 5.69 Å². The van der Waals surface area contributed by atoms with Crippen molar-refractivity contribution in [3.63, 3.8) is 0 Å². The molecular formula is C36H24N3O+. The summed E-state index contributed by atoms with van der Waals surface area (Å²) in [5, 5.41) is 6.54. The first kappa shape index (κ1) is 22.6. The second-order valence-electron chi connectivity index (χ2n) is 10.4. The van der Waals surface area contributed by atoms with Crippen LogP contribution in [0.1, 0.15) is 5.56 Å². The Morgan fingerprint density at radius 2 is 1.43 bits per heavy atom. The van der Waals surface area contributed by atoms with Crippen molar-refractivity contribution >= 4 is 60.3 Å². The molecule has 0 saturated heterocycles. The predicted octanol–water partition coefficient (Wildman–Crippen LogP) is 9.19. The number of rotatable bonds is 2. The molecule has 0 aliphatic rings. The summed E-state index contributed by atoms with van der Waals surface area (Å²) < 4.78 is 11.3. The Bertz CT molecular complexity index is 2350. The summed E-state index contributed by atoms with van der Waals surface area (Å²) in [7, 11) is 2.14. The fourth-order valence-corrected chi connectivity index (χ4v) is 6.42. The van der Waals surface area contributed by atoms with E-state index in [4.69, 9.17) is 11.0 Å². The van der Waals surface area contributed by atoms with E-state index < -0.39 is 0 Å². The summed E-state index contributed by atoms with van der Waals surface area (Å²) in [6, 6.07) is 37.9. The van der Waals surface area contributed by atoms with E-state index in [-0.39, 0.29) is 0 Å². The van der Waals surface area contributed by atoms with Crippen molar-refractivity contribution in [2.24, 2.45) is 7.05 Å². The average Bonchev–Trinajstić information content (AvgIpc) is 3.54. The van der Waals surface area contributed by atoms with Gasteiger partial charge in [0, 0.05) is 16.2 Å². The van der Waals surface area contributed by atoms with Gasteiger partial charge in [0.05, 0.1) is 24.6 Å². The molecule has 8 rings (SSSR count). The first-order chi connectivity index (χ1) is 19.7. The molecule has 0 spiro atoms. The van der Waals surface area contributed by atoms with E-state index in [1.165, 1.54) is 16.3 Å². The van der Waals surface area contributed by atoms with Gasteiger partial charge in [0.25, 0.3) is 5.65 Å². The maximum absolute atomic E-state index is 7.77. The minimum Gasteiger partial charge on any atom is -0.457 e. The van der Waals surface area contributed by atoms with Crippen molar-refractivity contribution in [3.8, 4) is 16.9 Å². The minimum atomic E-state index is 0.611. The lowest BCUT2D eigenvalue weighted by molar-refractivity contribution is -0.636. The molecule has 3 heterocycles. The van der Waals surface area contributed by atoms with Crippen molar-refractivity contribution in [3.05, 3.63) is 126 Å². The molecule has 0 saturated carbocycles. The molecule has 3 aromatic heterocycles. The lowest BCUT2D eigenvalue weighted by Crippen LogP contribution is -2.34. The van der Waals surface area contributed by atoms with Crippen LogP contribution in [0.15, 0.2) is 114 Å². The average molecular weight is 515 g/mol. The number of furan rings is 1. The number of fused-ring (bicyclic) bond motifs is 8. The number of hydrogen-bond acceptors (Lipinski definition) is 1. The van der Waals surface area contributed by atoms with E-state index in [0.29, 0.717) is 5.69 Å². The summed E-state index contributed by atoms with van der Waals surface area (Å²) in [6.45, 7) is 9.91. The number of para-hydroxylation sites is 2. The van der Waals surface area contributed by atoms with Crippen molar-refractivity contribution in [1.82, 2.24) is 4.57 Å². The first-order valence-corrected chi connectivity index (χ1v) is 13.4. The number of benzene rings is 5. The van der Waals surface area contributed by atoms with Crippen LogP contribution in [0.25, 0.3) is 76.4 Å². The second kappa shape index (κ2) is 8.30. The molecule has 0 fully saturated rings. The molecule has 5 aromatic carbocycles. The van der Waals surface area contributed by atoms with Gasteiger partial charge in [-0.1, -0.05) is 66.7 Å². The van der Waals surface area contributed by atoms with Gasteiger partial charge >= 0.3 is 0 Å². The first-order valence-electron chi connectivity index (χ1n) is 13.4. The summed E-state index contributed by atoms with van der Waals surface area (Å²) in [4.78, 5) is 3.81. The highest BCUT2D eigenvalue weighted by Crippen LogP contribution is 2.43. The molecule has 8 aromatic rings. The third-order valence-corrected chi connectivity index (χ3v) is 8.20. The monoisotopic (exact) mass is 514 g/mol. The predicted molar refractivity (Wildman–Crippen MR) is 163 cm³/mol. The second-order valence-corrected chi connectivity index (χ2v) is 10.4. The molecule has 188 valence electrons. The van der Waals surface area contributed by atoms with E-state index in [9.17, 15) is 0 Å². The van der Waals surface area contributed by atoms with E-state index in [0.717, 1.165) is 60.9 Å². The molecule has 0 radical (unpaired) electrons. The normalized spacial score (nSPS) is 11.7. The Hall–Kier alpha value is -5.40. The zero-order valence-corrected chi connectivity index (χ0v) is 22.1. The van der Waals surface area contributed by atoms with E-state index in [1.807, 2.05) is 24.3 Å². The molecule has 0 atom stereocenters. The van der Waals surface area contributed by atoms with E-state index >= 15 is 0 Å². The van der Waals surface area contributed by atoms with Gasteiger partial charge in [-0.05, 0) is 65.7 Å². The summed E-state index contributed by atoms with van der Waals surface area (Å²) >= 11 is 0. The zero-order chi connectivity index (χ0) is 27.0. The topological polar surface area (TPSA) is 26.3 Å². The minimum absolute atomic E-state index is 0.611.